The van der Waals surface area contributed by atoms with Crippen molar-refractivity contribution in [3.8, 4) is 0 Å². The molecule has 1 aromatic carbocycles. The van der Waals surface area contributed by atoms with Gasteiger partial charge in [-0.3, -0.25) is 4.79 Å². The maximum atomic E-state index is 11.9. The molecule has 2 aromatic rings. The van der Waals surface area contributed by atoms with E-state index in [1.165, 1.54) is 6.26 Å². The fraction of sp³-hybridized carbons (Fsp3) is 0.214. The van der Waals surface area contributed by atoms with Crippen LogP contribution in [0.3, 0.4) is 0 Å². The van der Waals surface area contributed by atoms with E-state index in [0.29, 0.717) is 5.76 Å². The first-order valence-electron chi connectivity index (χ1n) is 5.56. The highest BCUT2D eigenvalue weighted by Gasteiger charge is 2.47. The van der Waals surface area contributed by atoms with Crippen molar-refractivity contribution >= 4 is 5.78 Å². The largest absolute Gasteiger partial charge is 0.461 e. The summed E-state index contributed by atoms with van der Waals surface area (Å²) in [6, 6.07) is 11.3. The number of rotatable bonds is 3. The molecule has 0 radical (unpaired) electrons. The Hall–Kier alpha value is -1.87. The lowest BCUT2D eigenvalue weighted by Gasteiger charge is -2.00. The average molecular weight is 228 g/mol. The first kappa shape index (κ1) is 10.3. The van der Waals surface area contributed by atoms with E-state index < -0.39 is 0 Å². The Bertz CT molecular complexity index is 542. The van der Waals surface area contributed by atoms with Crippen molar-refractivity contribution in [3.05, 3.63) is 59.5 Å². The first-order chi connectivity index (χ1) is 8.27. The highest BCUT2D eigenvalue weighted by Crippen LogP contribution is 2.41. The second-order valence-electron chi connectivity index (χ2n) is 4.18. The van der Waals surface area contributed by atoms with E-state index in [-0.39, 0.29) is 18.0 Å². The molecule has 1 aliphatic heterocycles. The number of epoxide rings is 1. The number of benzene rings is 1. The number of Topliss-reactive ketones (excluding diaryl/α,β-unsaturated/α-hetero) is 1. The Kier molecular flexibility index (Phi) is 2.34. The highest BCUT2D eigenvalue weighted by atomic mass is 16.6. The van der Waals surface area contributed by atoms with Gasteiger partial charge < -0.3 is 9.15 Å². The molecule has 3 rings (SSSR count). The molecule has 0 aliphatic carbocycles. The molecule has 0 spiro atoms. The van der Waals surface area contributed by atoms with E-state index in [4.69, 9.17) is 9.15 Å². The molecule has 1 saturated heterocycles. The van der Waals surface area contributed by atoms with E-state index in [0.717, 1.165) is 11.1 Å². The predicted octanol–water partition coefficient (Wildman–Crippen LogP) is 2.91. The van der Waals surface area contributed by atoms with Gasteiger partial charge in [-0.15, -0.1) is 0 Å². The van der Waals surface area contributed by atoms with Gasteiger partial charge in [0.25, 0.3) is 0 Å². The molecule has 1 fully saturated rings. The van der Waals surface area contributed by atoms with Crippen LogP contribution in [0.5, 0.6) is 0 Å². The van der Waals surface area contributed by atoms with E-state index in [9.17, 15) is 4.79 Å². The second kappa shape index (κ2) is 3.86. The van der Waals surface area contributed by atoms with Crippen LogP contribution in [0.15, 0.2) is 47.1 Å². The summed E-state index contributed by atoms with van der Waals surface area (Å²) in [6.45, 7) is 2.02. The van der Waals surface area contributed by atoms with Crippen molar-refractivity contribution in [2.75, 3.05) is 0 Å². The molecule has 2 atom stereocenters. The van der Waals surface area contributed by atoms with Gasteiger partial charge in [0.05, 0.1) is 6.26 Å². The minimum absolute atomic E-state index is 0.0803. The molecule has 86 valence electrons. The Labute approximate surface area is 99.0 Å². The average Bonchev–Trinajstić information content (AvgIpc) is 2.93. The minimum Gasteiger partial charge on any atom is -0.461 e. The van der Waals surface area contributed by atoms with Crippen LogP contribution in [0.1, 0.15) is 27.8 Å². The molecule has 0 unspecified atom stereocenters. The van der Waals surface area contributed by atoms with Crippen LogP contribution in [-0.2, 0) is 4.74 Å². The normalized spacial score (nSPS) is 22.4. The van der Waals surface area contributed by atoms with Crippen LogP contribution >= 0.6 is 0 Å². The van der Waals surface area contributed by atoms with Crippen LogP contribution in [-0.4, -0.2) is 11.9 Å². The predicted molar refractivity (Wildman–Crippen MR) is 61.8 cm³/mol. The molecular formula is C14H12O3. The zero-order valence-electron chi connectivity index (χ0n) is 9.42. The summed E-state index contributed by atoms with van der Waals surface area (Å²) in [7, 11) is 0. The van der Waals surface area contributed by atoms with Gasteiger partial charge >= 0.3 is 0 Å². The molecule has 0 N–H and O–H groups in total. The second-order valence-corrected chi connectivity index (χ2v) is 4.18. The Morgan fingerprint density at radius 3 is 2.71 bits per heavy atom. The van der Waals surface area contributed by atoms with Crippen molar-refractivity contribution in [1.82, 2.24) is 0 Å². The zero-order chi connectivity index (χ0) is 11.8. The van der Waals surface area contributed by atoms with Gasteiger partial charge in [-0.2, -0.15) is 0 Å². The van der Waals surface area contributed by atoms with E-state index in [1.807, 2.05) is 31.2 Å². The Morgan fingerprint density at radius 2 is 2.00 bits per heavy atom. The number of hydrogen-bond donors (Lipinski definition) is 0. The summed E-state index contributed by atoms with van der Waals surface area (Å²) >= 11 is 0. The van der Waals surface area contributed by atoms with Crippen molar-refractivity contribution < 1.29 is 13.9 Å². The third-order valence-electron chi connectivity index (χ3n) is 3.01. The van der Waals surface area contributed by atoms with E-state index >= 15 is 0 Å². The molecule has 0 bridgehead atoms. The SMILES string of the molecule is Cc1ccccc1[C@@H]1O[C@H]1C(=O)c1ccco1. The van der Waals surface area contributed by atoms with Gasteiger partial charge in [0.1, 0.15) is 6.10 Å². The van der Waals surface area contributed by atoms with Gasteiger partial charge in [-0.1, -0.05) is 24.3 Å². The standard InChI is InChI=1S/C14H12O3/c1-9-5-2-3-6-10(9)13-14(17-13)12(15)11-7-4-8-16-11/h2-8,13-14H,1H3/t13-,14-/m0/s1. The number of carbonyl (C=O) groups is 1. The van der Waals surface area contributed by atoms with Crippen LogP contribution in [0.25, 0.3) is 0 Å². The molecule has 1 aromatic heterocycles. The zero-order valence-corrected chi connectivity index (χ0v) is 9.42. The molecule has 3 nitrogen and oxygen atoms in total. The number of ether oxygens (including phenoxy) is 1. The first-order valence-corrected chi connectivity index (χ1v) is 5.56. The molecule has 1 aliphatic rings. The minimum atomic E-state index is -0.387. The van der Waals surface area contributed by atoms with Crippen LogP contribution < -0.4 is 0 Å². The molecule has 17 heavy (non-hydrogen) atoms. The van der Waals surface area contributed by atoms with E-state index in [2.05, 4.69) is 0 Å². The lowest BCUT2D eigenvalue weighted by Crippen LogP contribution is -2.07. The molecular weight excluding hydrogens is 216 g/mol. The van der Waals surface area contributed by atoms with Crippen molar-refractivity contribution in [2.45, 2.75) is 19.1 Å². The van der Waals surface area contributed by atoms with Crippen LogP contribution in [0, 0.1) is 6.92 Å². The van der Waals surface area contributed by atoms with Crippen molar-refractivity contribution in [2.24, 2.45) is 0 Å². The summed E-state index contributed by atoms with van der Waals surface area (Å²) in [5.41, 5.74) is 2.23. The Balaban J connectivity index is 1.79. The van der Waals surface area contributed by atoms with Gasteiger partial charge in [-0.05, 0) is 30.2 Å². The lowest BCUT2D eigenvalue weighted by molar-refractivity contribution is 0.0926. The fourth-order valence-corrected chi connectivity index (χ4v) is 2.01. The van der Waals surface area contributed by atoms with E-state index in [1.54, 1.807) is 12.1 Å². The van der Waals surface area contributed by atoms with Gasteiger partial charge in [0.2, 0.25) is 5.78 Å². The highest BCUT2D eigenvalue weighted by molar-refractivity contribution is 5.99. The molecule has 0 saturated carbocycles. The fourth-order valence-electron chi connectivity index (χ4n) is 2.01. The summed E-state index contributed by atoms with van der Waals surface area (Å²) in [4.78, 5) is 11.9. The number of ketones is 1. The van der Waals surface area contributed by atoms with Crippen LogP contribution in [0.4, 0.5) is 0 Å². The quantitative estimate of drug-likeness (QED) is 0.599. The topological polar surface area (TPSA) is 42.7 Å². The molecule has 3 heteroatoms. The third-order valence-corrected chi connectivity index (χ3v) is 3.01. The summed E-state index contributed by atoms with van der Waals surface area (Å²) in [6.07, 6.45) is 0.995. The number of carbonyl (C=O) groups excluding carboxylic acids is 1. The van der Waals surface area contributed by atoms with Crippen molar-refractivity contribution in [3.63, 3.8) is 0 Å². The maximum absolute atomic E-state index is 11.9. The monoisotopic (exact) mass is 228 g/mol. The lowest BCUT2D eigenvalue weighted by atomic mass is 10.0. The van der Waals surface area contributed by atoms with Gasteiger partial charge in [0.15, 0.2) is 11.9 Å². The number of aryl methyl sites for hydroxylation is 1. The smallest absolute Gasteiger partial charge is 0.229 e. The molecule has 0 amide bonds. The maximum Gasteiger partial charge on any atom is 0.229 e. The van der Waals surface area contributed by atoms with Crippen LogP contribution in [0.2, 0.25) is 0 Å². The summed E-state index contributed by atoms with van der Waals surface area (Å²) in [5, 5.41) is 0. The summed E-state index contributed by atoms with van der Waals surface area (Å²) in [5.74, 6) is 0.286. The van der Waals surface area contributed by atoms with Gasteiger partial charge in [0, 0.05) is 0 Å². The number of hydrogen-bond acceptors (Lipinski definition) is 3. The number of furan rings is 1. The third kappa shape index (κ3) is 1.78. The summed E-state index contributed by atoms with van der Waals surface area (Å²) < 4.78 is 10.5. The van der Waals surface area contributed by atoms with Gasteiger partial charge in [-0.25, -0.2) is 0 Å². The van der Waals surface area contributed by atoms with Crippen molar-refractivity contribution in [1.29, 1.82) is 0 Å². The molecule has 2 heterocycles. The Morgan fingerprint density at radius 1 is 1.18 bits per heavy atom.